The first-order valence-electron chi connectivity index (χ1n) is 4.62. The van der Waals surface area contributed by atoms with E-state index in [9.17, 15) is 4.79 Å². The van der Waals surface area contributed by atoms with E-state index < -0.39 is 11.7 Å². The average Bonchev–Trinajstić information content (AvgIpc) is 2.20. The molecule has 0 aliphatic rings. The summed E-state index contributed by atoms with van der Waals surface area (Å²) in [7, 11) is 0. The Balaban J connectivity index is 3.04. The first-order chi connectivity index (χ1) is 7.50. The number of aliphatic carboxylic acids is 1. The zero-order valence-corrected chi connectivity index (χ0v) is 8.91. The van der Waals surface area contributed by atoms with E-state index in [1.165, 1.54) is 12.4 Å². The average molecular weight is 224 g/mol. The molecule has 1 rings (SSSR count). The maximum absolute atomic E-state index is 10.4. The van der Waals surface area contributed by atoms with Gasteiger partial charge in [0.2, 0.25) is 11.6 Å². The van der Waals surface area contributed by atoms with Crippen LogP contribution < -0.4 is 4.74 Å². The van der Waals surface area contributed by atoms with Crippen LogP contribution in [0.3, 0.4) is 0 Å². The van der Waals surface area contributed by atoms with Crippen molar-refractivity contribution in [3.8, 4) is 5.88 Å². The third-order valence-corrected chi connectivity index (χ3v) is 1.53. The molecule has 0 bridgehead atoms. The zero-order chi connectivity index (χ0) is 12.1. The van der Waals surface area contributed by atoms with Crippen LogP contribution in [0.5, 0.6) is 5.88 Å². The molecule has 6 heteroatoms. The molecule has 0 aliphatic heterocycles. The fraction of sp³-hybridized carbons (Fsp3) is 0.300. The molecule has 0 saturated carbocycles. The van der Waals surface area contributed by atoms with Crippen LogP contribution in [-0.2, 0) is 4.79 Å². The van der Waals surface area contributed by atoms with Gasteiger partial charge in [-0.05, 0) is 13.8 Å². The SMILES string of the molecule is CC(C)Oc1nccnc1/C=C(\O)C(=O)O. The van der Waals surface area contributed by atoms with Crippen LogP contribution in [0.15, 0.2) is 18.2 Å². The highest BCUT2D eigenvalue weighted by molar-refractivity contribution is 5.89. The molecule has 0 radical (unpaired) electrons. The minimum atomic E-state index is -1.43. The summed E-state index contributed by atoms with van der Waals surface area (Å²) in [6.07, 6.45) is 3.68. The largest absolute Gasteiger partial charge is 0.502 e. The summed E-state index contributed by atoms with van der Waals surface area (Å²) >= 11 is 0. The van der Waals surface area contributed by atoms with Gasteiger partial charge in [-0.25, -0.2) is 14.8 Å². The third-order valence-electron chi connectivity index (χ3n) is 1.53. The summed E-state index contributed by atoms with van der Waals surface area (Å²) in [6, 6.07) is 0. The highest BCUT2D eigenvalue weighted by Crippen LogP contribution is 2.16. The van der Waals surface area contributed by atoms with Crippen molar-refractivity contribution in [3.63, 3.8) is 0 Å². The maximum Gasteiger partial charge on any atom is 0.371 e. The molecule has 0 aromatic carbocycles. The number of hydrogen-bond donors (Lipinski definition) is 2. The fourth-order valence-corrected chi connectivity index (χ4v) is 0.940. The Morgan fingerprint density at radius 3 is 2.56 bits per heavy atom. The Kier molecular flexibility index (Phi) is 3.82. The van der Waals surface area contributed by atoms with Crippen molar-refractivity contribution < 1.29 is 19.7 Å². The standard InChI is InChI=1S/C10H12N2O4/c1-6(2)16-9-7(11-3-4-12-9)5-8(13)10(14)15/h3-6,13H,1-2H3,(H,14,15)/b8-5-. The van der Waals surface area contributed by atoms with Crippen molar-refractivity contribution in [3.05, 3.63) is 23.8 Å². The highest BCUT2D eigenvalue weighted by Gasteiger charge is 2.10. The molecular weight excluding hydrogens is 212 g/mol. The summed E-state index contributed by atoms with van der Waals surface area (Å²) in [5.74, 6) is -2.06. The van der Waals surface area contributed by atoms with Crippen molar-refractivity contribution in [2.75, 3.05) is 0 Å². The number of carbonyl (C=O) groups is 1. The van der Waals surface area contributed by atoms with E-state index in [-0.39, 0.29) is 17.7 Å². The fourth-order valence-electron chi connectivity index (χ4n) is 0.940. The predicted octanol–water partition coefficient (Wildman–Crippen LogP) is 1.25. The molecule has 0 atom stereocenters. The Morgan fingerprint density at radius 2 is 2.00 bits per heavy atom. The lowest BCUT2D eigenvalue weighted by atomic mass is 10.3. The van der Waals surface area contributed by atoms with Crippen LogP contribution in [0.25, 0.3) is 6.08 Å². The second-order valence-electron chi connectivity index (χ2n) is 3.25. The van der Waals surface area contributed by atoms with Crippen LogP contribution in [0.1, 0.15) is 19.5 Å². The smallest absolute Gasteiger partial charge is 0.371 e. The van der Waals surface area contributed by atoms with Crippen molar-refractivity contribution in [2.45, 2.75) is 20.0 Å². The van der Waals surface area contributed by atoms with Gasteiger partial charge in [0.25, 0.3) is 0 Å². The quantitative estimate of drug-likeness (QED) is 0.590. The van der Waals surface area contributed by atoms with E-state index >= 15 is 0 Å². The van der Waals surface area contributed by atoms with Crippen LogP contribution in [0.4, 0.5) is 0 Å². The number of nitrogens with zero attached hydrogens (tertiary/aromatic N) is 2. The molecule has 0 unspecified atom stereocenters. The zero-order valence-electron chi connectivity index (χ0n) is 8.91. The van der Waals surface area contributed by atoms with Crippen LogP contribution >= 0.6 is 0 Å². The Morgan fingerprint density at radius 1 is 1.38 bits per heavy atom. The van der Waals surface area contributed by atoms with Crippen molar-refractivity contribution in [2.24, 2.45) is 0 Å². The first kappa shape index (κ1) is 12.0. The second kappa shape index (κ2) is 5.11. The van der Waals surface area contributed by atoms with Gasteiger partial charge in [-0.15, -0.1) is 0 Å². The van der Waals surface area contributed by atoms with Gasteiger partial charge in [-0.3, -0.25) is 0 Å². The maximum atomic E-state index is 10.4. The van der Waals surface area contributed by atoms with Gasteiger partial charge >= 0.3 is 5.97 Å². The molecule has 0 amide bonds. The van der Waals surface area contributed by atoms with E-state index in [0.717, 1.165) is 6.08 Å². The van der Waals surface area contributed by atoms with Gasteiger partial charge in [-0.2, -0.15) is 0 Å². The number of hydrogen-bond acceptors (Lipinski definition) is 5. The molecule has 0 spiro atoms. The van der Waals surface area contributed by atoms with E-state index in [1.54, 1.807) is 13.8 Å². The molecule has 1 aromatic rings. The number of aliphatic hydroxyl groups excluding tert-OH is 1. The minimum Gasteiger partial charge on any atom is -0.502 e. The summed E-state index contributed by atoms with van der Waals surface area (Å²) < 4.78 is 5.30. The lowest BCUT2D eigenvalue weighted by Gasteiger charge is -2.09. The summed E-state index contributed by atoms with van der Waals surface area (Å²) in [5, 5.41) is 17.6. The third kappa shape index (κ3) is 3.23. The van der Waals surface area contributed by atoms with E-state index in [4.69, 9.17) is 14.9 Å². The van der Waals surface area contributed by atoms with Gasteiger partial charge in [0.05, 0.1) is 6.10 Å². The lowest BCUT2D eigenvalue weighted by Crippen LogP contribution is -2.09. The van der Waals surface area contributed by atoms with Gasteiger partial charge < -0.3 is 14.9 Å². The lowest BCUT2D eigenvalue weighted by molar-refractivity contribution is -0.135. The molecule has 16 heavy (non-hydrogen) atoms. The highest BCUT2D eigenvalue weighted by atomic mass is 16.5. The number of aliphatic hydroxyl groups is 1. The van der Waals surface area contributed by atoms with Crippen molar-refractivity contribution >= 4 is 12.0 Å². The number of rotatable bonds is 4. The number of carboxylic acids is 1. The summed E-state index contributed by atoms with van der Waals surface area (Å²) in [6.45, 7) is 3.61. The van der Waals surface area contributed by atoms with Crippen molar-refractivity contribution in [1.29, 1.82) is 0 Å². The molecule has 2 N–H and O–H groups in total. The molecule has 1 aromatic heterocycles. The molecule has 6 nitrogen and oxygen atoms in total. The number of ether oxygens (including phenoxy) is 1. The topological polar surface area (TPSA) is 92.5 Å². The monoisotopic (exact) mass is 224 g/mol. The van der Waals surface area contributed by atoms with E-state index in [1.807, 2.05) is 0 Å². The summed E-state index contributed by atoms with van der Waals surface area (Å²) in [4.78, 5) is 18.2. The minimum absolute atomic E-state index is 0.115. The van der Waals surface area contributed by atoms with E-state index in [2.05, 4.69) is 9.97 Å². The molecule has 0 fully saturated rings. The predicted molar refractivity (Wildman–Crippen MR) is 56.0 cm³/mol. The Hall–Kier alpha value is -2.11. The molecule has 1 heterocycles. The normalized spacial score (nSPS) is 11.6. The molecule has 86 valence electrons. The van der Waals surface area contributed by atoms with Crippen LogP contribution in [-0.4, -0.2) is 32.3 Å². The van der Waals surface area contributed by atoms with Gasteiger partial charge in [0, 0.05) is 18.5 Å². The number of aromatic nitrogens is 2. The van der Waals surface area contributed by atoms with E-state index in [0.29, 0.717) is 0 Å². The Bertz CT molecular complexity index is 415. The van der Waals surface area contributed by atoms with Gasteiger partial charge in [0.1, 0.15) is 5.69 Å². The molecular formula is C10H12N2O4. The Labute approximate surface area is 92.2 Å². The first-order valence-corrected chi connectivity index (χ1v) is 4.62. The van der Waals surface area contributed by atoms with Crippen LogP contribution in [0.2, 0.25) is 0 Å². The van der Waals surface area contributed by atoms with Gasteiger partial charge in [-0.1, -0.05) is 0 Å². The molecule has 0 aliphatic carbocycles. The van der Waals surface area contributed by atoms with Gasteiger partial charge in [0.15, 0.2) is 0 Å². The van der Waals surface area contributed by atoms with Crippen LogP contribution in [0, 0.1) is 0 Å². The second-order valence-corrected chi connectivity index (χ2v) is 3.25. The van der Waals surface area contributed by atoms with Crippen molar-refractivity contribution in [1.82, 2.24) is 9.97 Å². The number of carboxylic acid groups (broad SMARTS) is 1. The summed E-state index contributed by atoms with van der Waals surface area (Å²) in [5.41, 5.74) is 0.177. The molecule has 0 saturated heterocycles.